The molecule has 0 aromatic heterocycles. The number of ether oxygens (including phenoxy) is 3. The molecule has 0 atom stereocenters. The van der Waals surface area contributed by atoms with Gasteiger partial charge in [0.25, 0.3) is 5.91 Å². The first-order chi connectivity index (χ1) is 15.3. The maximum absolute atomic E-state index is 12.8. The van der Waals surface area contributed by atoms with Gasteiger partial charge in [-0.15, -0.1) is 11.8 Å². The molecular weight excluding hydrogens is 434 g/mol. The first kappa shape index (κ1) is 23.3. The van der Waals surface area contributed by atoms with E-state index in [9.17, 15) is 14.4 Å². The Morgan fingerprint density at radius 2 is 1.72 bits per heavy atom. The van der Waals surface area contributed by atoms with E-state index >= 15 is 0 Å². The number of methoxy groups -OCH3 is 3. The van der Waals surface area contributed by atoms with Gasteiger partial charge < -0.3 is 29.3 Å². The van der Waals surface area contributed by atoms with Crippen molar-refractivity contribution in [1.29, 1.82) is 0 Å². The van der Waals surface area contributed by atoms with Crippen molar-refractivity contribution >= 4 is 40.9 Å². The summed E-state index contributed by atoms with van der Waals surface area (Å²) in [5, 5.41) is 2.77. The lowest BCUT2D eigenvalue weighted by molar-refractivity contribution is -0.120. The van der Waals surface area contributed by atoms with Crippen molar-refractivity contribution in [2.45, 2.75) is 4.90 Å². The number of carbonyl (C=O) groups is 3. The highest BCUT2D eigenvalue weighted by Crippen LogP contribution is 2.40. The zero-order valence-corrected chi connectivity index (χ0v) is 19.4. The summed E-state index contributed by atoms with van der Waals surface area (Å²) in [6, 6.07) is 8.38. The zero-order chi connectivity index (χ0) is 23.4. The molecule has 3 rings (SSSR count). The molecule has 0 radical (unpaired) electrons. The van der Waals surface area contributed by atoms with E-state index in [0.717, 1.165) is 4.90 Å². The molecule has 1 aliphatic rings. The summed E-state index contributed by atoms with van der Waals surface area (Å²) >= 11 is 1.38. The standard InChI is InChI=1S/C22H25N3O6S/c1-24(2)22(28)13-6-7-18-15(8-13)25(20(27)12-32-18)11-19(26)23-14-9-16(29-3)21(31-5)17(10-14)30-4/h6-10H,11-12H2,1-5H3,(H,23,26). The quantitative estimate of drug-likeness (QED) is 0.679. The Kier molecular flexibility index (Phi) is 7.14. The van der Waals surface area contributed by atoms with Crippen LogP contribution in [0.25, 0.3) is 0 Å². The van der Waals surface area contributed by atoms with E-state index in [2.05, 4.69) is 5.32 Å². The van der Waals surface area contributed by atoms with E-state index in [4.69, 9.17) is 14.2 Å². The molecule has 0 saturated carbocycles. The van der Waals surface area contributed by atoms with Crippen molar-refractivity contribution in [2.75, 3.05) is 57.9 Å². The lowest BCUT2D eigenvalue weighted by atomic mass is 10.1. The van der Waals surface area contributed by atoms with Crippen molar-refractivity contribution in [1.82, 2.24) is 4.90 Å². The Hall–Kier alpha value is -3.40. The highest BCUT2D eigenvalue weighted by Gasteiger charge is 2.28. The third kappa shape index (κ3) is 4.75. The van der Waals surface area contributed by atoms with Crippen molar-refractivity contribution in [3.8, 4) is 17.2 Å². The summed E-state index contributed by atoms with van der Waals surface area (Å²) in [5.41, 5.74) is 1.41. The van der Waals surface area contributed by atoms with Gasteiger partial charge in [-0.25, -0.2) is 0 Å². The molecule has 0 spiro atoms. The Bertz CT molecular complexity index is 1030. The number of hydrogen-bond acceptors (Lipinski definition) is 7. The summed E-state index contributed by atoms with van der Waals surface area (Å²) in [4.78, 5) is 41.5. The average Bonchev–Trinajstić information content (AvgIpc) is 2.79. The predicted octanol–water partition coefficient (Wildman–Crippen LogP) is 2.49. The molecule has 9 nitrogen and oxygen atoms in total. The Labute approximate surface area is 190 Å². The van der Waals surface area contributed by atoms with E-state index < -0.39 is 5.91 Å². The van der Waals surface area contributed by atoms with E-state index in [0.29, 0.717) is 34.2 Å². The maximum Gasteiger partial charge on any atom is 0.253 e. The van der Waals surface area contributed by atoms with Crippen LogP contribution in [0.5, 0.6) is 17.2 Å². The van der Waals surface area contributed by atoms with E-state index in [1.54, 1.807) is 44.4 Å². The van der Waals surface area contributed by atoms with Crippen LogP contribution < -0.4 is 24.4 Å². The number of nitrogens with zero attached hydrogens (tertiary/aromatic N) is 2. The third-order valence-electron chi connectivity index (χ3n) is 4.81. The van der Waals surface area contributed by atoms with Crippen molar-refractivity contribution in [3.63, 3.8) is 0 Å². The number of fused-ring (bicyclic) bond motifs is 1. The summed E-state index contributed by atoms with van der Waals surface area (Å²) in [7, 11) is 7.77. The van der Waals surface area contributed by atoms with Crippen LogP contribution in [-0.4, -0.2) is 70.3 Å². The van der Waals surface area contributed by atoms with E-state index in [-0.39, 0.29) is 24.1 Å². The first-order valence-corrected chi connectivity index (χ1v) is 10.7. The second kappa shape index (κ2) is 9.82. The fourth-order valence-corrected chi connectivity index (χ4v) is 4.18. The second-order valence-electron chi connectivity index (χ2n) is 7.11. The average molecular weight is 460 g/mol. The van der Waals surface area contributed by atoms with Gasteiger partial charge >= 0.3 is 0 Å². The van der Waals surface area contributed by atoms with E-state index in [1.807, 2.05) is 0 Å². The highest BCUT2D eigenvalue weighted by atomic mass is 32.2. The normalized spacial score (nSPS) is 12.7. The number of thioether (sulfide) groups is 1. The van der Waals surface area contributed by atoms with Crippen LogP contribution in [0, 0.1) is 0 Å². The maximum atomic E-state index is 12.8. The fraction of sp³-hybridized carbons (Fsp3) is 0.318. The first-order valence-electron chi connectivity index (χ1n) is 9.67. The highest BCUT2D eigenvalue weighted by molar-refractivity contribution is 8.00. The van der Waals surface area contributed by atoms with Crippen LogP contribution >= 0.6 is 11.8 Å². The molecule has 1 aliphatic heterocycles. The summed E-state index contributed by atoms with van der Waals surface area (Å²) in [6.07, 6.45) is 0. The number of carbonyl (C=O) groups excluding carboxylic acids is 3. The molecular formula is C22H25N3O6S. The molecule has 1 heterocycles. The minimum atomic E-state index is -0.408. The summed E-state index contributed by atoms with van der Waals surface area (Å²) in [5.74, 6) is 0.605. The molecule has 3 amide bonds. The van der Waals surface area contributed by atoms with Crippen molar-refractivity contribution in [2.24, 2.45) is 0 Å². The van der Waals surface area contributed by atoms with Gasteiger partial charge in [-0.2, -0.15) is 0 Å². The lowest BCUT2D eigenvalue weighted by Gasteiger charge is -2.29. The molecule has 0 fully saturated rings. The number of nitrogens with one attached hydrogen (secondary N) is 1. The molecule has 0 unspecified atom stereocenters. The van der Waals surface area contributed by atoms with Gasteiger partial charge in [-0.1, -0.05) is 0 Å². The number of rotatable bonds is 7. The monoisotopic (exact) mass is 459 g/mol. The number of benzene rings is 2. The second-order valence-corrected chi connectivity index (χ2v) is 8.13. The molecule has 0 aliphatic carbocycles. The van der Waals surface area contributed by atoms with Crippen molar-refractivity contribution < 1.29 is 28.6 Å². The van der Waals surface area contributed by atoms with Crippen LogP contribution in [0.1, 0.15) is 10.4 Å². The molecule has 10 heteroatoms. The largest absolute Gasteiger partial charge is 0.493 e. The van der Waals surface area contributed by atoms with Crippen molar-refractivity contribution in [3.05, 3.63) is 35.9 Å². The molecule has 170 valence electrons. The Balaban J connectivity index is 1.85. The minimum absolute atomic E-state index is 0.183. The summed E-state index contributed by atoms with van der Waals surface area (Å²) < 4.78 is 15.9. The molecule has 2 aromatic rings. The van der Waals surface area contributed by atoms with Crippen LogP contribution in [-0.2, 0) is 9.59 Å². The van der Waals surface area contributed by atoms with Gasteiger partial charge in [0.2, 0.25) is 17.6 Å². The van der Waals surface area contributed by atoms with Gasteiger partial charge in [0.15, 0.2) is 11.5 Å². The summed E-state index contributed by atoms with van der Waals surface area (Å²) in [6.45, 7) is -0.206. The fourth-order valence-electron chi connectivity index (χ4n) is 3.26. The zero-order valence-electron chi connectivity index (χ0n) is 18.6. The van der Waals surface area contributed by atoms with Gasteiger partial charge in [0.1, 0.15) is 6.54 Å². The number of anilines is 2. The van der Waals surface area contributed by atoms with E-state index in [1.165, 1.54) is 42.9 Å². The van der Waals surface area contributed by atoms with Crippen LogP contribution in [0.3, 0.4) is 0 Å². The molecule has 0 bridgehead atoms. The Morgan fingerprint density at radius 3 is 2.28 bits per heavy atom. The van der Waals surface area contributed by atoms with Crippen LogP contribution in [0.4, 0.5) is 11.4 Å². The smallest absolute Gasteiger partial charge is 0.253 e. The van der Waals surface area contributed by atoms with Gasteiger partial charge in [-0.05, 0) is 18.2 Å². The Morgan fingerprint density at radius 1 is 1.06 bits per heavy atom. The van der Waals surface area contributed by atoms with Crippen LogP contribution in [0.2, 0.25) is 0 Å². The predicted molar refractivity (Wildman–Crippen MR) is 122 cm³/mol. The topological polar surface area (TPSA) is 97.4 Å². The number of amides is 3. The lowest BCUT2D eigenvalue weighted by Crippen LogP contribution is -2.41. The SMILES string of the molecule is COc1cc(NC(=O)CN2C(=O)CSc3ccc(C(=O)N(C)C)cc32)cc(OC)c1OC. The molecule has 1 N–H and O–H groups in total. The molecule has 2 aromatic carbocycles. The van der Waals surface area contributed by atoms with Crippen LogP contribution in [0.15, 0.2) is 35.2 Å². The number of hydrogen-bond donors (Lipinski definition) is 1. The van der Waals surface area contributed by atoms with Gasteiger partial charge in [-0.3, -0.25) is 14.4 Å². The van der Waals surface area contributed by atoms with Gasteiger partial charge in [0.05, 0.1) is 32.8 Å². The minimum Gasteiger partial charge on any atom is -0.493 e. The molecule has 32 heavy (non-hydrogen) atoms. The van der Waals surface area contributed by atoms with Gasteiger partial charge in [0, 0.05) is 42.4 Å². The molecule has 0 saturated heterocycles. The third-order valence-corrected chi connectivity index (χ3v) is 5.85.